The summed E-state index contributed by atoms with van der Waals surface area (Å²) in [5.74, 6) is 1.37. The Labute approximate surface area is 119 Å². The number of nitrogens with zero attached hydrogens (tertiary/aromatic N) is 3. The minimum atomic E-state index is 0.208. The molecule has 0 atom stereocenters. The van der Waals surface area contributed by atoms with Crippen LogP contribution in [0.2, 0.25) is 0 Å². The molecule has 1 heterocycles. The van der Waals surface area contributed by atoms with Crippen molar-refractivity contribution in [2.75, 3.05) is 7.11 Å². The summed E-state index contributed by atoms with van der Waals surface area (Å²) in [5.41, 5.74) is 5.16. The number of rotatable bonds is 3. The average Bonchev–Trinajstić information content (AvgIpc) is 2.43. The standard InChI is InChI=1S/C16H17N3O/c1-10-9-11(2)15(16(20-4)12(10)3)13-6-8-18-14(19-13)5-7-17/h6,8-9H,5H2,1-4H3. The molecule has 0 aliphatic rings. The molecule has 1 aromatic carbocycles. The van der Waals surface area contributed by atoms with Crippen molar-refractivity contribution in [3.8, 4) is 23.1 Å². The van der Waals surface area contributed by atoms with Crippen molar-refractivity contribution in [1.82, 2.24) is 9.97 Å². The van der Waals surface area contributed by atoms with Gasteiger partial charge in [0.2, 0.25) is 0 Å². The van der Waals surface area contributed by atoms with E-state index in [0.717, 1.165) is 28.1 Å². The van der Waals surface area contributed by atoms with E-state index >= 15 is 0 Å². The minimum Gasteiger partial charge on any atom is -0.496 e. The van der Waals surface area contributed by atoms with Gasteiger partial charge in [0.15, 0.2) is 0 Å². The smallest absolute Gasteiger partial charge is 0.142 e. The number of nitriles is 1. The van der Waals surface area contributed by atoms with E-state index in [-0.39, 0.29) is 6.42 Å². The Morgan fingerprint density at radius 3 is 2.65 bits per heavy atom. The summed E-state index contributed by atoms with van der Waals surface area (Å²) < 4.78 is 5.57. The number of hydrogen-bond acceptors (Lipinski definition) is 4. The van der Waals surface area contributed by atoms with E-state index in [2.05, 4.69) is 29.0 Å². The van der Waals surface area contributed by atoms with Crippen LogP contribution in [-0.4, -0.2) is 17.1 Å². The largest absolute Gasteiger partial charge is 0.496 e. The Bertz CT molecular complexity index is 687. The van der Waals surface area contributed by atoms with Crippen LogP contribution in [0.5, 0.6) is 5.75 Å². The second kappa shape index (κ2) is 5.70. The van der Waals surface area contributed by atoms with Crippen LogP contribution in [0.4, 0.5) is 0 Å². The Morgan fingerprint density at radius 2 is 2.00 bits per heavy atom. The Morgan fingerprint density at radius 1 is 1.25 bits per heavy atom. The molecule has 0 unspecified atom stereocenters. The fourth-order valence-electron chi connectivity index (χ4n) is 2.32. The summed E-state index contributed by atoms with van der Waals surface area (Å²) in [7, 11) is 1.67. The van der Waals surface area contributed by atoms with Gasteiger partial charge >= 0.3 is 0 Å². The molecule has 0 aliphatic carbocycles. The summed E-state index contributed by atoms with van der Waals surface area (Å²) in [6.07, 6.45) is 1.89. The van der Waals surface area contributed by atoms with Crippen molar-refractivity contribution in [1.29, 1.82) is 5.26 Å². The maximum atomic E-state index is 8.76. The van der Waals surface area contributed by atoms with Crippen LogP contribution in [0, 0.1) is 32.1 Å². The van der Waals surface area contributed by atoms with Crippen LogP contribution in [0.25, 0.3) is 11.3 Å². The molecule has 0 N–H and O–H groups in total. The molecular formula is C16H17N3O. The quantitative estimate of drug-likeness (QED) is 0.857. The Balaban J connectivity index is 2.66. The second-order valence-corrected chi connectivity index (χ2v) is 4.74. The molecule has 0 radical (unpaired) electrons. The van der Waals surface area contributed by atoms with Gasteiger partial charge < -0.3 is 4.74 Å². The number of ether oxygens (including phenoxy) is 1. The first kappa shape index (κ1) is 14.0. The predicted octanol–water partition coefficient (Wildman–Crippen LogP) is 3.14. The highest BCUT2D eigenvalue weighted by Crippen LogP contribution is 2.36. The lowest BCUT2D eigenvalue weighted by atomic mass is 9.97. The number of aryl methyl sites for hydroxylation is 2. The minimum absolute atomic E-state index is 0.208. The molecule has 2 rings (SSSR count). The second-order valence-electron chi connectivity index (χ2n) is 4.74. The number of benzene rings is 1. The van der Waals surface area contributed by atoms with Crippen molar-refractivity contribution < 1.29 is 4.74 Å². The van der Waals surface area contributed by atoms with Gasteiger partial charge in [-0.25, -0.2) is 9.97 Å². The molecule has 0 bridgehead atoms. The summed E-state index contributed by atoms with van der Waals surface area (Å²) in [4.78, 5) is 8.56. The van der Waals surface area contributed by atoms with Crippen LogP contribution in [0.3, 0.4) is 0 Å². The predicted molar refractivity (Wildman–Crippen MR) is 77.5 cm³/mol. The number of aromatic nitrogens is 2. The van der Waals surface area contributed by atoms with Crippen LogP contribution < -0.4 is 4.74 Å². The summed E-state index contributed by atoms with van der Waals surface area (Å²) in [5, 5.41) is 8.76. The molecule has 102 valence electrons. The molecule has 0 saturated carbocycles. The van der Waals surface area contributed by atoms with Crippen LogP contribution in [0.1, 0.15) is 22.5 Å². The first-order chi connectivity index (χ1) is 9.58. The van der Waals surface area contributed by atoms with Gasteiger partial charge in [-0.3, -0.25) is 0 Å². The van der Waals surface area contributed by atoms with Crippen LogP contribution in [-0.2, 0) is 6.42 Å². The van der Waals surface area contributed by atoms with E-state index in [1.807, 2.05) is 19.9 Å². The summed E-state index contributed by atoms with van der Waals surface area (Å²) >= 11 is 0. The van der Waals surface area contributed by atoms with Gasteiger partial charge in [0.05, 0.1) is 25.3 Å². The normalized spacial score (nSPS) is 10.2. The fraction of sp³-hybridized carbons (Fsp3) is 0.312. The third-order valence-corrected chi connectivity index (χ3v) is 3.39. The van der Waals surface area contributed by atoms with E-state index < -0.39 is 0 Å². The molecular weight excluding hydrogens is 250 g/mol. The summed E-state index contributed by atoms with van der Waals surface area (Å²) in [6, 6.07) is 6.04. The first-order valence-corrected chi connectivity index (χ1v) is 6.42. The third kappa shape index (κ3) is 2.48. The third-order valence-electron chi connectivity index (χ3n) is 3.39. The maximum absolute atomic E-state index is 8.76. The highest BCUT2D eigenvalue weighted by Gasteiger charge is 2.15. The zero-order chi connectivity index (χ0) is 14.7. The number of methoxy groups -OCH3 is 1. The van der Waals surface area contributed by atoms with Gasteiger partial charge in [-0.2, -0.15) is 5.26 Å². The molecule has 0 aliphatic heterocycles. The molecule has 4 nitrogen and oxygen atoms in total. The molecule has 2 aromatic rings. The average molecular weight is 267 g/mol. The highest BCUT2D eigenvalue weighted by molar-refractivity contribution is 5.73. The monoisotopic (exact) mass is 267 g/mol. The first-order valence-electron chi connectivity index (χ1n) is 6.42. The Hall–Kier alpha value is -2.41. The Kier molecular flexibility index (Phi) is 3.99. The van der Waals surface area contributed by atoms with E-state index in [9.17, 15) is 0 Å². The molecule has 0 fully saturated rings. The van der Waals surface area contributed by atoms with Gasteiger partial charge in [-0.15, -0.1) is 0 Å². The SMILES string of the molecule is COc1c(C)c(C)cc(C)c1-c1ccnc(CC#N)n1. The number of hydrogen-bond donors (Lipinski definition) is 0. The topological polar surface area (TPSA) is 58.8 Å². The lowest BCUT2D eigenvalue weighted by Gasteiger charge is -2.16. The van der Waals surface area contributed by atoms with Crippen molar-refractivity contribution in [3.05, 3.63) is 40.8 Å². The van der Waals surface area contributed by atoms with E-state index in [0.29, 0.717) is 5.82 Å². The zero-order valence-electron chi connectivity index (χ0n) is 12.2. The van der Waals surface area contributed by atoms with Gasteiger partial charge in [-0.1, -0.05) is 6.07 Å². The van der Waals surface area contributed by atoms with Crippen LogP contribution >= 0.6 is 0 Å². The van der Waals surface area contributed by atoms with E-state index in [1.165, 1.54) is 5.56 Å². The van der Waals surface area contributed by atoms with E-state index in [4.69, 9.17) is 10.00 Å². The van der Waals surface area contributed by atoms with Crippen molar-refractivity contribution in [2.45, 2.75) is 27.2 Å². The van der Waals surface area contributed by atoms with Gasteiger partial charge in [0.25, 0.3) is 0 Å². The van der Waals surface area contributed by atoms with Gasteiger partial charge in [0, 0.05) is 11.8 Å². The van der Waals surface area contributed by atoms with Crippen molar-refractivity contribution in [2.24, 2.45) is 0 Å². The molecule has 0 amide bonds. The molecule has 4 heteroatoms. The van der Waals surface area contributed by atoms with Gasteiger partial charge in [0.1, 0.15) is 11.6 Å². The lowest BCUT2D eigenvalue weighted by molar-refractivity contribution is 0.412. The van der Waals surface area contributed by atoms with Crippen molar-refractivity contribution in [3.63, 3.8) is 0 Å². The van der Waals surface area contributed by atoms with Crippen molar-refractivity contribution >= 4 is 0 Å². The van der Waals surface area contributed by atoms with Gasteiger partial charge in [-0.05, 0) is 43.5 Å². The fourth-order valence-corrected chi connectivity index (χ4v) is 2.32. The summed E-state index contributed by atoms with van der Waals surface area (Å²) in [6.45, 7) is 6.14. The molecule has 20 heavy (non-hydrogen) atoms. The maximum Gasteiger partial charge on any atom is 0.142 e. The molecule has 1 aromatic heterocycles. The zero-order valence-corrected chi connectivity index (χ0v) is 12.2. The van der Waals surface area contributed by atoms with Crippen LogP contribution in [0.15, 0.2) is 18.3 Å². The van der Waals surface area contributed by atoms with E-state index in [1.54, 1.807) is 13.3 Å². The lowest BCUT2D eigenvalue weighted by Crippen LogP contribution is -2.00. The molecule has 0 saturated heterocycles. The molecule has 0 spiro atoms. The highest BCUT2D eigenvalue weighted by atomic mass is 16.5.